The van der Waals surface area contributed by atoms with Crippen molar-refractivity contribution in [2.45, 2.75) is 32.4 Å². The Morgan fingerprint density at radius 2 is 1.84 bits per heavy atom. The van der Waals surface area contributed by atoms with Gasteiger partial charge < -0.3 is 9.47 Å². The summed E-state index contributed by atoms with van der Waals surface area (Å²) in [7, 11) is 1.66. The molecular formula is C21H25NO3. The molecule has 1 N–H and O–H groups in total. The lowest BCUT2D eigenvalue weighted by molar-refractivity contribution is -0.153. The quantitative estimate of drug-likeness (QED) is 0.842. The first-order chi connectivity index (χ1) is 12.0. The lowest BCUT2D eigenvalue weighted by Crippen LogP contribution is -2.51. The third kappa shape index (κ3) is 2.81. The third-order valence-corrected chi connectivity index (χ3v) is 4.98. The highest BCUT2D eigenvalue weighted by atomic mass is 16.5. The van der Waals surface area contributed by atoms with Crippen molar-refractivity contribution in [3.63, 3.8) is 0 Å². The van der Waals surface area contributed by atoms with Crippen molar-refractivity contribution in [1.29, 1.82) is 0 Å². The van der Waals surface area contributed by atoms with Gasteiger partial charge in [0.1, 0.15) is 11.3 Å². The monoisotopic (exact) mass is 339 g/mol. The molecule has 0 amide bonds. The summed E-state index contributed by atoms with van der Waals surface area (Å²) in [5.41, 5.74) is 2.38. The van der Waals surface area contributed by atoms with Gasteiger partial charge in [-0.3, -0.25) is 5.32 Å². The number of carbonyl (C=O) groups is 1. The molecular weight excluding hydrogens is 314 g/mol. The first kappa shape index (κ1) is 17.5. The topological polar surface area (TPSA) is 47.6 Å². The van der Waals surface area contributed by atoms with E-state index >= 15 is 0 Å². The summed E-state index contributed by atoms with van der Waals surface area (Å²) in [6.07, 6.45) is 0. The minimum absolute atomic E-state index is 0.0518. The third-order valence-electron chi connectivity index (χ3n) is 4.98. The summed E-state index contributed by atoms with van der Waals surface area (Å²) < 4.78 is 10.7. The summed E-state index contributed by atoms with van der Waals surface area (Å²) in [4.78, 5) is 12.9. The van der Waals surface area contributed by atoms with Gasteiger partial charge in [0.05, 0.1) is 19.8 Å². The predicted molar refractivity (Wildman–Crippen MR) is 97.6 cm³/mol. The molecule has 2 aromatic rings. The number of fused-ring (bicyclic) bond motifs is 1. The number of nitrogens with one attached hydrogen (secondary N) is 1. The van der Waals surface area contributed by atoms with Gasteiger partial charge >= 0.3 is 5.97 Å². The molecule has 4 nitrogen and oxygen atoms in total. The van der Waals surface area contributed by atoms with Crippen molar-refractivity contribution in [1.82, 2.24) is 5.32 Å². The van der Waals surface area contributed by atoms with Crippen LogP contribution in [0.1, 0.15) is 43.5 Å². The van der Waals surface area contributed by atoms with E-state index in [4.69, 9.17) is 9.47 Å². The first-order valence-corrected chi connectivity index (χ1v) is 8.72. The highest BCUT2D eigenvalue weighted by Gasteiger charge is 2.52. The molecule has 3 rings (SSSR count). The van der Waals surface area contributed by atoms with Crippen LogP contribution in [0.15, 0.2) is 48.5 Å². The molecule has 0 fully saturated rings. The second kappa shape index (κ2) is 6.89. The zero-order valence-corrected chi connectivity index (χ0v) is 15.2. The lowest BCUT2D eigenvalue weighted by Gasteiger charge is -2.33. The van der Waals surface area contributed by atoms with Gasteiger partial charge in [0, 0.05) is 0 Å². The van der Waals surface area contributed by atoms with E-state index in [9.17, 15) is 4.79 Å². The van der Waals surface area contributed by atoms with Crippen molar-refractivity contribution in [3.8, 4) is 5.75 Å². The maximum atomic E-state index is 12.9. The van der Waals surface area contributed by atoms with Gasteiger partial charge in [0.25, 0.3) is 0 Å². The molecule has 2 aromatic carbocycles. The number of methoxy groups -OCH3 is 1. The van der Waals surface area contributed by atoms with E-state index in [-0.39, 0.29) is 17.9 Å². The average Bonchev–Trinajstić information content (AvgIpc) is 2.99. The van der Waals surface area contributed by atoms with E-state index in [1.54, 1.807) is 7.11 Å². The summed E-state index contributed by atoms with van der Waals surface area (Å²) in [6.45, 7) is 6.31. The molecule has 0 saturated heterocycles. The molecule has 0 spiro atoms. The Labute approximate surface area is 149 Å². The smallest absolute Gasteiger partial charge is 0.331 e. The van der Waals surface area contributed by atoms with Gasteiger partial charge in [-0.15, -0.1) is 0 Å². The number of esters is 1. The van der Waals surface area contributed by atoms with Crippen molar-refractivity contribution in [2.75, 3.05) is 13.7 Å². The number of ether oxygens (including phenoxy) is 2. The Bertz CT molecular complexity index is 754. The van der Waals surface area contributed by atoms with Gasteiger partial charge in [-0.05, 0) is 41.7 Å². The normalized spacial score (nSPS) is 21.9. The molecule has 0 aliphatic carbocycles. The minimum Gasteiger partial charge on any atom is -0.497 e. The lowest BCUT2D eigenvalue weighted by atomic mass is 9.80. The van der Waals surface area contributed by atoms with Crippen molar-refractivity contribution < 1.29 is 14.3 Å². The van der Waals surface area contributed by atoms with Crippen LogP contribution in [-0.2, 0) is 15.1 Å². The summed E-state index contributed by atoms with van der Waals surface area (Å²) >= 11 is 0. The maximum Gasteiger partial charge on any atom is 0.331 e. The molecule has 132 valence electrons. The summed E-state index contributed by atoms with van der Waals surface area (Å²) in [6, 6.07) is 16.0. The van der Waals surface area contributed by atoms with Crippen LogP contribution >= 0.6 is 0 Å². The van der Waals surface area contributed by atoms with Crippen LogP contribution in [-0.4, -0.2) is 19.7 Å². The molecule has 0 radical (unpaired) electrons. The van der Waals surface area contributed by atoms with E-state index in [1.807, 2.05) is 49.4 Å². The number of hydrogen-bond donors (Lipinski definition) is 1. The Balaban J connectivity index is 2.10. The fraction of sp³-hybridized carbons (Fsp3) is 0.381. The number of benzene rings is 2. The SMILES string of the molecule is CCOC(=O)[C@]1(C(C)C)N[C@H](c2ccc(OC)cc2)c2ccccc21. The molecule has 0 bridgehead atoms. The summed E-state index contributed by atoms with van der Waals surface area (Å²) in [5.74, 6) is 0.653. The minimum atomic E-state index is -0.836. The summed E-state index contributed by atoms with van der Waals surface area (Å²) in [5, 5.41) is 3.59. The largest absolute Gasteiger partial charge is 0.497 e. The van der Waals surface area contributed by atoms with E-state index in [1.165, 1.54) is 0 Å². The van der Waals surface area contributed by atoms with E-state index in [0.717, 1.165) is 22.4 Å². The van der Waals surface area contributed by atoms with Crippen LogP contribution in [0.3, 0.4) is 0 Å². The number of carbonyl (C=O) groups excluding carboxylic acids is 1. The van der Waals surface area contributed by atoms with E-state index < -0.39 is 5.54 Å². The average molecular weight is 339 g/mol. The van der Waals surface area contributed by atoms with Crippen LogP contribution < -0.4 is 10.1 Å². The second-order valence-corrected chi connectivity index (χ2v) is 6.62. The molecule has 0 aromatic heterocycles. The fourth-order valence-corrected chi connectivity index (χ4v) is 3.68. The van der Waals surface area contributed by atoms with Crippen molar-refractivity contribution in [3.05, 3.63) is 65.2 Å². The van der Waals surface area contributed by atoms with Gasteiger partial charge in [-0.2, -0.15) is 0 Å². The Kier molecular flexibility index (Phi) is 4.82. The zero-order valence-electron chi connectivity index (χ0n) is 15.2. The van der Waals surface area contributed by atoms with Crippen LogP contribution in [0.2, 0.25) is 0 Å². The van der Waals surface area contributed by atoms with Crippen LogP contribution in [0, 0.1) is 5.92 Å². The predicted octanol–water partition coefficient (Wildman–Crippen LogP) is 3.80. The van der Waals surface area contributed by atoms with Crippen LogP contribution in [0.5, 0.6) is 5.75 Å². The molecule has 4 heteroatoms. The Morgan fingerprint density at radius 3 is 2.44 bits per heavy atom. The number of hydrogen-bond acceptors (Lipinski definition) is 4. The highest BCUT2D eigenvalue weighted by molar-refractivity contribution is 5.85. The fourth-order valence-electron chi connectivity index (χ4n) is 3.68. The molecule has 1 heterocycles. The van der Waals surface area contributed by atoms with Gasteiger partial charge in [-0.1, -0.05) is 50.2 Å². The number of rotatable bonds is 5. The van der Waals surface area contributed by atoms with E-state index in [2.05, 4.69) is 25.2 Å². The van der Waals surface area contributed by atoms with Crippen LogP contribution in [0.25, 0.3) is 0 Å². The zero-order chi connectivity index (χ0) is 18.0. The second-order valence-electron chi connectivity index (χ2n) is 6.62. The van der Waals surface area contributed by atoms with Crippen molar-refractivity contribution in [2.24, 2.45) is 5.92 Å². The molecule has 2 atom stereocenters. The van der Waals surface area contributed by atoms with Gasteiger partial charge in [0.2, 0.25) is 0 Å². The van der Waals surface area contributed by atoms with Crippen LogP contribution in [0.4, 0.5) is 0 Å². The Hall–Kier alpha value is -2.33. The molecule has 1 aliphatic rings. The molecule has 25 heavy (non-hydrogen) atoms. The van der Waals surface area contributed by atoms with Gasteiger partial charge in [0.15, 0.2) is 0 Å². The standard InChI is InChI=1S/C21H25NO3/c1-5-25-20(23)21(14(2)3)18-9-7-6-8-17(18)19(22-21)15-10-12-16(24-4)13-11-15/h6-14,19,22H,5H2,1-4H3/t19-,21-/m1/s1. The van der Waals surface area contributed by atoms with E-state index in [0.29, 0.717) is 6.61 Å². The maximum absolute atomic E-state index is 12.9. The van der Waals surface area contributed by atoms with Crippen molar-refractivity contribution >= 4 is 5.97 Å². The molecule has 0 saturated carbocycles. The highest BCUT2D eigenvalue weighted by Crippen LogP contribution is 2.45. The van der Waals surface area contributed by atoms with Gasteiger partial charge in [-0.25, -0.2) is 4.79 Å². The first-order valence-electron chi connectivity index (χ1n) is 8.72. The Morgan fingerprint density at radius 1 is 1.16 bits per heavy atom. The molecule has 0 unspecified atom stereocenters. The molecule has 1 aliphatic heterocycles.